The third-order valence-corrected chi connectivity index (χ3v) is 4.16. The average Bonchev–Trinajstić information content (AvgIpc) is 2.48. The van der Waals surface area contributed by atoms with E-state index in [2.05, 4.69) is 26.0 Å². The van der Waals surface area contributed by atoms with E-state index in [1.807, 2.05) is 6.07 Å². The molecule has 1 aromatic carbocycles. The largest absolute Gasteiger partial charge is 0.481 e. The number of rotatable bonds is 5. The topological polar surface area (TPSA) is 66.8 Å². The predicted molar refractivity (Wildman–Crippen MR) is 82.8 cm³/mol. The van der Waals surface area contributed by atoms with Crippen molar-refractivity contribution in [2.24, 2.45) is 0 Å². The van der Waals surface area contributed by atoms with Crippen molar-refractivity contribution in [2.75, 3.05) is 19.8 Å². The fourth-order valence-corrected chi connectivity index (χ4v) is 2.71. The molecular weight excluding hydrogens is 282 g/mol. The van der Waals surface area contributed by atoms with Crippen molar-refractivity contribution in [3.05, 3.63) is 34.9 Å². The summed E-state index contributed by atoms with van der Waals surface area (Å²) in [5.74, 6) is -0.893. The first-order valence-electron chi connectivity index (χ1n) is 7.62. The molecule has 1 N–H and O–H groups in total. The van der Waals surface area contributed by atoms with Crippen LogP contribution in [0.5, 0.6) is 0 Å². The molecule has 1 atom stereocenters. The Labute approximate surface area is 130 Å². The second-order valence-electron chi connectivity index (χ2n) is 5.83. The molecule has 1 heterocycles. The van der Waals surface area contributed by atoms with Crippen LogP contribution >= 0.6 is 0 Å². The summed E-state index contributed by atoms with van der Waals surface area (Å²) in [5, 5.41) is 8.94. The number of carbonyl (C=O) groups is 2. The quantitative estimate of drug-likeness (QED) is 0.903. The first kappa shape index (κ1) is 16.5. The summed E-state index contributed by atoms with van der Waals surface area (Å²) in [6.45, 7) is 5.39. The highest BCUT2D eigenvalue weighted by Gasteiger charge is 2.28. The van der Waals surface area contributed by atoms with E-state index in [1.54, 1.807) is 4.90 Å². The van der Waals surface area contributed by atoms with Gasteiger partial charge in [-0.25, -0.2) is 0 Å². The highest BCUT2D eigenvalue weighted by atomic mass is 16.5. The zero-order valence-electron chi connectivity index (χ0n) is 13.2. The van der Waals surface area contributed by atoms with Crippen LogP contribution in [-0.4, -0.2) is 47.7 Å². The van der Waals surface area contributed by atoms with Crippen LogP contribution in [0, 0.1) is 13.8 Å². The maximum atomic E-state index is 12.4. The van der Waals surface area contributed by atoms with Crippen molar-refractivity contribution in [1.29, 1.82) is 0 Å². The number of hydrogen-bond acceptors (Lipinski definition) is 3. The van der Waals surface area contributed by atoms with Crippen LogP contribution in [0.25, 0.3) is 0 Å². The van der Waals surface area contributed by atoms with Gasteiger partial charge in [-0.05, 0) is 37.0 Å². The number of carbonyl (C=O) groups excluding carboxylic acids is 1. The lowest BCUT2D eigenvalue weighted by Gasteiger charge is -2.35. The van der Waals surface area contributed by atoms with Gasteiger partial charge in [0.1, 0.15) is 0 Å². The van der Waals surface area contributed by atoms with Gasteiger partial charge in [0.25, 0.3) is 0 Å². The van der Waals surface area contributed by atoms with Gasteiger partial charge in [-0.15, -0.1) is 0 Å². The van der Waals surface area contributed by atoms with Gasteiger partial charge in [0.05, 0.1) is 25.7 Å². The standard InChI is InChI=1S/C17H23NO4/c1-12-3-4-14(9-13(12)2)5-6-16(19)18-7-8-22-11-15(18)10-17(20)21/h3-4,9,15H,5-8,10-11H2,1-2H3,(H,20,21). The minimum Gasteiger partial charge on any atom is -0.481 e. The van der Waals surface area contributed by atoms with Crippen LogP contribution in [0.2, 0.25) is 0 Å². The predicted octanol–water partition coefficient (Wildman–Crippen LogP) is 1.94. The summed E-state index contributed by atoms with van der Waals surface area (Å²) < 4.78 is 5.30. The Bertz CT molecular complexity index is 556. The molecule has 1 saturated heterocycles. The molecule has 1 unspecified atom stereocenters. The minimum atomic E-state index is -0.901. The van der Waals surface area contributed by atoms with Gasteiger partial charge < -0.3 is 14.7 Å². The summed E-state index contributed by atoms with van der Waals surface area (Å²) in [7, 11) is 0. The molecule has 1 aliphatic rings. The van der Waals surface area contributed by atoms with Gasteiger partial charge in [-0.3, -0.25) is 9.59 Å². The van der Waals surface area contributed by atoms with Crippen LogP contribution in [-0.2, 0) is 20.7 Å². The molecule has 2 rings (SSSR count). The van der Waals surface area contributed by atoms with Crippen molar-refractivity contribution in [2.45, 2.75) is 39.2 Å². The van der Waals surface area contributed by atoms with Crippen LogP contribution in [0.3, 0.4) is 0 Å². The molecule has 0 saturated carbocycles. The second-order valence-corrected chi connectivity index (χ2v) is 5.83. The normalized spacial score (nSPS) is 18.3. The molecule has 5 heteroatoms. The molecule has 120 valence electrons. The Kier molecular flexibility index (Phi) is 5.55. The molecule has 0 bridgehead atoms. The van der Waals surface area contributed by atoms with E-state index in [9.17, 15) is 9.59 Å². The van der Waals surface area contributed by atoms with Crippen molar-refractivity contribution in [3.63, 3.8) is 0 Å². The minimum absolute atomic E-state index is 0.00720. The molecule has 1 aromatic rings. The van der Waals surface area contributed by atoms with Crippen LogP contribution in [0.15, 0.2) is 18.2 Å². The molecule has 5 nitrogen and oxygen atoms in total. The zero-order valence-corrected chi connectivity index (χ0v) is 13.2. The van der Waals surface area contributed by atoms with Gasteiger partial charge in [-0.1, -0.05) is 18.2 Å². The Morgan fingerprint density at radius 1 is 1.32 bits per heavy atom. The second kappa shape index (κ2) is 7.40. The molecule has 0 radical (unpaired) electrons. The fourth-order valence-electron chi connectivity index (χ4n) is 2.71. The monoisotopic (exact) mass is 305 g/mol. The first-order valence-corrected chi connectivity index (χ1v) is 7.62. The summed E-state index contributed by atoms with van der Waals surface area (Å²) in [6, 6.07) is 5.87. The highest BCUT2D eigenvalue weighted by Crippen LogP contribution is 2.15. The number of aliphatic carboxylic acids is 1. The Hall–Kier alpha value is -1.88. The van der Waals surface area contributed by atoms with E-state index in [1.165, 1.54) is 11.1 Å². The van der Waals surface area contributed by atoms with E-state index >= 15 is 0 Å². The molecule has 1 amide bonds. The lowest BCUT2D eigenvalue weighted by atomic mass is 10.0. The maximum absolute atomic E-state index is 12.4. The number of nitrogens with zero attached hydrogens (tertiary/aromatic N) is 1. The van der Waals surface area contributed by atoms with E-state index < -0.39 is 5.97 Å². The van der Waals surface area contributed by atoms with E-state index in [4.69, 9.17) is 9.84 Å². The number of carboxylic acids is 1. The summed E-state index contributed by atoms with van der Waals surface area (Å²) in [6.07, 6.45) is 1.02. The third kappa shape index (κ3) is 4.31. The lowest BCUT2D eigenvalue weighted by Crippen LogP contribution is -2.49. The number of hydrogen-bond donors (Lipinski definition) is 1. The summed E-state index contributed by atoms with van der Waals surface area (Å²) in [4.78, 5) is 24.9. The molecule has 1 aliphatic heterocycles. The number of ether oxygens (including phenoxy) is 1. The van der Waals surface area contributed by atoms with Gasteiger partial charge in [-0.2, -0.15) is 0 Å². The van der Waals surface area contributed by atoms with Crippen molar-refractivity contribution < 1.29 is 19.4 Å². The van der Waals surface area contributed by atoms with Crippen molar-refractivity contribution in [3.8, 4) is 0 Å². The molecule has 1 fully saturated rings. The van der Waals surface area contributed by atoms with E-state index in [0.717, 1.165) is 5.56 Å². The van der Waals surface area contributed by atoms with Gasteiger partial charge in [0.2, 0.25) is 5.91 Å². The molecular formula is C17H23NO4. The molecule has 0 spiro atoms. The SMILES string of the molecule is Cc1ccc(CCC(=O)N2CCOCC2CC(=O)O)cc1C. The lowest BCUT2D eigenvalue weighted by molar-refractivity contribution is -0.146. The Morgan fingerprint density at radius 3 is 2.77 bits per heavy atom. The molecule has 0 aliphatic carbocycles. The number of morpholine rings is 1. The Morgan fingerprint density at radius 2 is 2.09 bits per heavy atom. The third-order valence-electron chi connectivity index (χ3n) is 4.16. The number of benzene rings is 1. The van der Waals surface area contributed by atoms with Crippen molar-refractivity contribution >= 4 is 11.9 Å². The smallest absolute Gasteiger partial charge is 0.305 e. The van der Waals surface area contributed by atoms with E-state index in [0.29, 0.717) is 32.6 Å². The zero-order chi connectivity index (χ0) is 16.1. The molecule has 22 heavy (non-hydrogen) atoms. The molecule has 0 aromatic heterocycles. The van der Waals surface area contributed by atoms with Crippen LogP contribution in [0.1, 0.15) is 29.5 Å². The van der Waals surface area contributed by atoms with Crippen molar-refractivity contribution in [1.82, 2.24) is 4.90 Å². The number of aryl methyl sites for hydroxylation is 3. The fraction of sp³-hybridized carbons (Fsp3) is 0.529. The van der Waals surface area contributed by atoms with Crippen LogP contribution < -0.4 is 0 Å². The summed E-state index contributed by atoms with van der Waals surface area (Å²) in [5.41, 5.74) is 3.60. The van der Waals surface area contributed by atoms with Crippen LogP contribution in [0.4, 0.5) is 0 Å². The first-order chi connectivity index (χ1) is 10.5. The Balaban J connectivity index is 1.94. The van der Waals surface area contributed by atoms with Gasteiger partial charge in [0, 0.05) is 13.0 Å². The van der Waals surface area contributed by atoms with Gasteiger partial charge in [0.15, 0.2) is 0 Å². The highest BCUT2D eigenvalue weighted by molar-refractivity contribution is 5.78. The summed E-state index contributed by atoms with van der Waals surface area (Å²) >= 11 is 0. The maximum Gasteiger partial charge on any atom is 0.305 e. The van der Waals surface area contributed by atoms with E-state index in [-0.39, 0.29) is 18.4 Å². The number of carboxylic acid groups (broad SMARTS) is 1. The van der Waals surface area contributed by atoms with Gasteiger partial charge >= 0.3 is 5.97 Å². The average molecular weight is 305 g/mol. The number of amides is 1.